The first kappa shape index (κ1) is 31.1. The zero-order valence-corrected chi connectivity index (χ0v) is 24.4. The van der Waals surface area contributed by atoms with Crippen molar-refractivity contribution in [2.75, 3.05) is 46.6 Å². The number of rotatable bonds is 14. The van der Waals surface area contributed by atoms with Crippen molar-refractivity contribution in [3.8, 4) is 5.75 Å². The molecule has 2 saturated heterocycles. The van der Waals surface area contributed by atoms with Crippen molar-refractivity contribution in [3.05, 3.63) is 65.7 Å². The first-order chi connectivity index (χ1) is 20.2. The third kappa shape index (κ3) is 8.85. The first-order valence-corrected chi connectivity index (χ1v) is 14.2. The topological polar surface area (TPSA) is 139 Å². The molecule has 11 heteroatoms. The Bertz CT molecular complexity index is 1230. The highest BCUT2D eigenvalue weighted by Crippen LogP contribution is 2.29. The Morgan fingerprint density at radius 2 is 1.48 bits per heavy atom. The highest BCUT2D eigenvalue weighted by Gasteiger charge is 2.50. The SMILES string of the molecule is COc1ccc(C[C@H](NC(=O)[C@@H](C)NC(=O)CN2CCOCC2)C(=O)N[C@@H](Cc2ccccc2)C(=O)[C@@]2(C)CO2)cc1. The minimum Gasteiger partial charge on any atom is -0.497 e. The lowest BCUT2D eigenvalue weighted by Crippen LogP contribution is -2.57. The molecule has 4 rings (SSSR count). The molecule has 4 atom stereocenters. The van der Waals surface area contributed by atoms with E-state index in [0.29, 0.717) is 38.7 Å². The predicted octanol–water partition coefficient (Wildman–Crippen LogP) is 0.645. The lowest BCUT2D eigenvalue weighted by atomic mass is 9.94. The fraction of sp³-hybridized carbons (Fsp3) is 0.484. The van der Waals surface area contributed by atoms with E-state index in [1.54, 1.807) is 33.1 Å². The quantitative estimate of drug-likeness (QED) is 0.277. The van der Waals surface area contributed by atoms with Gasteiger partial charge in [-0.05, 0) is 43.5 Å². The largest absolute Gasteiger partial charge is 0.497 e. The van der Waals surface area contributed by atoms with E-state index in [1.165, 1.54) is 0 Å². The molecule has 2 fully saturated rings. The van der Waals surface area contributed by atoms with E-state index in [-0.39, 0.29) is 31.1 Å². The molecule has 2 aromatic rings. The molecule has 226 valence electrons. The van der Waals surface area contributed by atoms with Crippen molar-refractivity contribution in [2.45, 2.75) is 50.4 Å². The highest BCUT2D eigenvalue weighted by atomic mass is 16.6. The Morgan fingerprint density at radius 1 is 0.881 bits per heavy atom. The van der Waals surface area contributed by atoms with Crippen LogP contribution in [0.25, 0.3) is 0 Å². The van der Waals surface area contributed by atoms with Gasteiger partial charge in [0.25, 0.3) is 0 Å². The van der Waals surface area contributed by atoms with Crippen molar-refractivity contribution in [1.29, 1.82) is 0 Å². The second kappa shape index (κ2) is 14.4. The van der Waals surface area contributed by atoms with Gasteiger partial charge in [-0.15, -0.1) is 0 Å². The van der Waals surface area contributed by atoms with Gasteiger partial charge in [-0.2, -0.15) is 0 Å². The van der Waals surface area contributed by atoms with E-state index < -0.39 is 35.5 Å². The van der Waals surface area contributed by atoms with Gasteiger partial charge < -0.3 is 30.2 Å². The van der Waals surface area contributed by atoms with Gasteiger partial charge in [0.15, 0.2) is 5.78 Å². The summed E-state index contributed by atoms with van der Waals surface area (Å²) in [4.78, 5) is 54.8. The number of carbonyl (C=O) groups is 4. The molecule has 2 heterocycles. The Morgan fingerprint density at radius 3 is 2.10 bits per heavy atom. The molecule has 0 bridgehead atoms. The number of nitrogens with one attached hydrogen (secondary N) is 3. The van der Waals surface area contributed by atoms with Crippen LogP contribution < -0.4 is 20.7 Å². The molecular weight excluding hydrogens is 540 g/mol. The lowest BCUT2D eigenvalue weighted by molar-refractivity contribution is -0.134. The second-order valence-corrected chi connectivity index (χ2v) is 10.9. The van der Waals surface area contributed by atoms with Gasteiger partial charge in [-0.1, -0.05) is 42.5 Å². The van der Waals surface area contributed by atoms with Crippen LogP contribution in [0.5, 0.6) is 5.75 Å². The number of Topliss-reactive ketones (excluding diaryl/α,β-unsaturated/α-hetero) is 1. The van der Waals surface area contributed by atoms with Crippen LogP contribution in [0, 0.1) is 0 Å². The van der Waals surface area contributed by atoms with Crippen LogP contribution in [-0.4, -0.2) is 98.7 Å². The molecule has 2 aliphatic rings. The summed E-state index contributed by atoms with van der Waals surface area (Å²) in [5.74, 6) is -0.876. The Labute approximate surface area is 246 Å². The van der Waals surface area contributed by atoms with E-state index >= 15 is 0 Å². The van der Waals surface area contributed by atoms with Crippen molar-refractivity contribution in [1.82, 2.24) is 20.9 Å². The third-order valence-electron chi connectivity index (χ3n) is 7.49. The molecule has 0 unspecified atom stereocenters. The number of benzene rings is 2. The molecule has 2 aliphatic heterocycles. The summed E-state index contributed by atoms with van der Waals surface area (Å²) in [5, 5.41) is 8.39. The number of morpholine rings is 1. The van der Waals surface area contributed by atoms with Crippen LogP contribution in [0.4, 0.5) is 0 Å². The summed E-state index contributed by atoms with van der Waals surface area (Å²) >= 11 is 0. The maximum absolute atomic E-state index is 13.7. The van der Waals surface area contributed by atoms with Crippen molar-refractivity contribution in [2.24, 2.45) is 0 Å². The monoisotopic (exact) mass is 580 g/mol. The zero-order valence-electron chi connectivity index (χ0n) is 24.4. The average molecular weight is 581 g/mol. The number of carbonyl (C=O) groups excluding carboxylic acids is 4. The molecule has 11 nitrogen and oxygen atoms in total. The minimum atomic E-state index is -1.01. The molecular formula is C31H40N4O7. The van der Waals surface area contributed by atoms with E-state index in [0.717, 1.165) is 11.1 Å². The first-order valence-electron chi connectivity index (χ1n) is 14.2. The number of ether oxygens (including phenoxy) is 3. The fourth-order valence-corrected chi connectivity index (χ4v) is 4.77. The molecule has 42 heavy (non-hydrogen) atoms. The van der Waals surface area contributed by atoms with Crippen LogP contribution >= 0.6 is 0 Å². The number of nitrogens with zero attached hydrogens (tertiary/aromatic N) is 1. The molecule has 0 aromatic heterocycles. The van der Waals surface area contributed by atoms with Gasteiger partial charge in [0.05, 0.1) is 39.5 Å². The van der Waals surface area contributed by atoms with E-state index in [2.05, 4.69) is 16.0 Å². The standard InChI is InChI=1S/C31H40N4O7/c1-21(32-27(36)19-35-13-15-41-16-14-35)29(38)34-26(18-23-9-11-24(40-3)12-10-23)30(39)33-25(28(37)31(2)20-42-31)17-22-7-5-4-6-8-22/h4-12,21,25-26H,13-20H2,1-3H3,(H,32,36)(H,33,39)(H,34,38)/t21-,25+,26+,31-/m1/s1. The van der Waals surface area contributed by atoms with Gasteiger partial charge in [0, 0.05) is 19.5 Å². The number of ketones is 1. The Kier molecular flexibility index (Phi) is 10.7. The lowest BCUT2D eigenvalue weighted by Gasteiger charge is -2.27. The van der Waals surface area contributed by atoms with E-state index in [9.17, 15) is 19.2 Å². The summed E-state index contributed by atoms with van der Waals surface area (Å²) in [6, 6.07) is 13.8. The summed E-state index contributed by atoms with van der Waals surface area (Å²) in [6.07, 6.45) is 0.442. The molecule has 2 aromatic carbocycles. The average Bonchev–Trinajstić information content (AvgIpc) is 3.75. The normalized spacial score (nSPS) is 20.5. The highest BCUT2D eigenvalue weighted by molar-refractivity contribution is 5.98. The summed E-state index contributed by atoms with van der Waals surface area (Å²) < 4.78 is 15.9. The molecule has 0 radical (unpaired) electrons. The molecule has 3 amide bonds. The van der Waals surface area contributed by atoms with Gasteiger partial charge in [0.2, 0.25) is 17.7 Å². The van der Waals surface area contributed by atoms with E-state index in [4.69, 9.17) is 14.2 Å². The van der Waals surface area contributed by atoms with Gasteiger partial charge in [-0.25, -0.2) is 0 Å². The maximum atomic E-state index is 13.7. The number of hydrogen-bond donors (Lipinski definition) is 3. The molecule has 0 spiro atoms. The maximum Gasteiger partial charge on any atom is 0.243 e. The predicted molar refractivity (Wildman–Crippen MR) is 155 cm³/mol. The molecule has 0 aliphatic carbocycles. The number of amides is 3. The Hall–Kier alpha value is -3.80. The number of methoxy groups -OCH3 is 1. The summed E-state index contributed by atoms with van der Waals surface area (Å²) in [5.41, 5.74) is 0.720. The van der Waals surface area contributed by atoms with Crippen LogP contribution in [0.15, 0.2) is 54.6 Å². The summed E-state index contributed by atoms with van der Waals surface area (Å²) in [7, 11) is 1.56. The van der Waals surface area contributed by atoms with Crippen LogP contribution in [-0.2, 0) is 41.5 Å². The number of hydrogen-bond acceptors (Lipinski definition) is 8. The van der Waals surface area contributed by atoms with Gasteiger partial charge >= 0.3 is 0 Å². The van der Waals surface area contributed by atoms with Crippen LogP contribution in [0.1, 0.15) is 25.0 Å². The fourth-order valence-electron chi connectivity index (χ4n) is 4.77. The van der Waals surface area contributed by atoms with Gasteiger partial charge in [0.1, 0.15) is 23.4 Å². The smallest absolute Gasteiger partial charge is 0.243 e. The molecule has 0 saturated carbocycles. The zero-order chi connectivity index (χ0) is 30.1. The minimum absolute atomic E-state index is 0.154. The summed E-state index contributed by atoms with van der Waals surface area (Å²) in [6.45, 7) is 6.13. The van der Waals surface area contributed by atoms with Crippen molar-refractivity contribution in [3.63, 3.8) is 0 Å². The van der Waals surface area contributed by atoms with Crippen LogP contribution in [0.3, 0.4) is 0 Å². The number of epoxide rings is 1. The molecule has 3 N–H and O–H groups in total. The van der Waals surface area contributed by atoms with Gasteiger partial charge in [-0.3, -0.25) is 24.1 Å². The van der Waals surface area contributed by atoms with Crippen molar-refractivity contribution < 1.29 is 33.4 Å². The van der Waals surface area contributed by atoms with E-state index in [1.807, 2.05) is 47.4 Å². The Balaban J connectivity index is 1.46. The third-order valence-corrected chi connectivity index (χ3v) is 7.49. The van der Waals surface area contributed by atoms with Crippen molar-refractivity contribution >= 4 is 23.5 Å². The second-order valence-electron chi connectivity index (χ2n) is 10.9. The van der Waals surface area contributed by atoms with Crippen LogP contribution in [0.2, 0.25) is 0 Å².